The van der Waals surface area contributed by atoms with Crippen molar-refractivity contribution in [2.45, 2.75) is 64.9 Å². The van der Waals surface area contributed by atoms with Crippen molar-refractivity contribution in [3.63, 3.8) is 0 Å². The summed E-state index contributed by atoms with van der Waals surface area (Å²) in [6.45, 7) is 10.9. The zero-order valence-corrected chi connectivity index (χ0v) is 18.7. The number of benzene rings is 1. The first-order valence-corrected chi connectivity index (χ1v) is 11.4. The van der Waals surface area contributed by atoms with Gasteiger partial charge in [-0.25, -0.2) is 8.42 Å². The first-order chi connectivity index (χ1) is 13.6. The van der Waals surface area contributed by atoms with Crippen molar-refractivity contribution in [2.75, 3.05) is 6.54 Å². The molecule has 0 fully saturated rings. The molecule has 29 heavy (non-hydrogen) atoms. The topological polar surface area (TPSA) is 93.1 Å². The molecule has 1 heterocycles. The van der Waals surface area contributed by atoms with E-state index in [1.54, 1.807) is 24.3 Å². The average molecular weight is 421 g/mol. The summed E-state index contributed by atoms with van der Waals surface area (Å²) in [6, 6.07) is 7.79. The Labute approximate surface area is 173 Å². The van der Waals surface area contributed by atoms with E-state index in [4.69, 9.17) is 0 Å². The molecule has 1 aromatic heterocycles. The quantitative estimate of drug-likeness (QED) is 0.578. The third-order valence-corrected chi connectivity index (χ3v) is 6.09. The molecule has 0 aliphatic rings. The molecule has 2 aromatic rings. The summed E-state index contributed by atoms with van der Waals surface area (Å²) >= 11 is 0. The van der Waals surface area contributed by atoms with Gasteiger partial charge < -0.3 is 5.32 Å². The summed E-state index contributed by atoms with van der Waals surface area (Å²) in [5.74, 6) is -0.135. The van der Waals surface area contributed by atoms with Crippen molar-refractivity contribution in [2.24, 2.45) is 5.92 Å². The van der Waals surface area contributed by atoms with E-state index in [1.165, 1.54) is 0 Å². The van der Waals surface area contributed by atoms with E-state index >= 15 is 0 Å². The Morgan fingerprint density at radius 3 is 2.34 bits per heavy atom. The maximum absolute atomic E-state index is 12.7. The molecule has 0 radical (unpaired) electrons. The highest BCUT2D eigenvalue weighted by molar-refractivity contribution is 7.89. The van der Waals surface area contributed by atoms with Crippen molar-refractivity contribution >= 4 is 15.9 Å². The van der Waals surface area contributed by atoms with Gasteiger partial charge in [0.2, 0.25) is 15.9 Å². The Morgan fingerprint density at radius 1 is 1.14 bits per heavy atom. The number of nitrogens with zero attached hydrogens (tertiary/aromatic N) is 2. The number of aromatic nitrogens is 2. The number of sulfonamides is 1. The van der Waals surface area contributed by atoms with Crippen LogP contribution in [0.3, 0.4) is 0 Å². The summed E-state index contributed by atoms with van der Waals surface area (Å²) in [5, 5.41) is 7.26. The second-order valence-electron chi connectivity index (χ2n) is 7.91. The van der Waals surface area contributed by atoms with Gasteiger partial charge in [-0.1, -0.05) is 31.5 Å². The van der Waals surface area contributed by atoms with E-state index in [2.05, 4.69) is 15.1 Å². The smallest absolute Gasteiger partial charge is 0.241 e. The van der Waals surface area contributed by atoms with E-state index in [0.29, 0.717) is 25.9 Å². The Balaban J connectivity index is 1.96. The lowest BCUT2D eigenvalue weighted by Crippen LogP contribution is -2.47. The maximum Gasteiger partial charge on any atom is 0.241 e. The summed E-state index contributed by atoms with van der Waals surface area (Å²) in [6.07, 6.45) is 1.14. The van der Waals surface area contributed by atoms with Crippen LogP contribution in [0.25, 0.3) is 0 Å². The lowest BCUT2D eigenvalue weighted by Gasteiger charge is -2.20. The van der Waals surface area contributed by atoms with E-state index in [9.17, 15) is 13.2 Å². The molecule has 1 amide bonds. The molecule has 0 saturated carbocycles. The molecule has 0 bridgehead atoms. The predicted molar refractivity (Wildman–Crippen MR) is 114 cm³/mol. The molecule has 8 heteroatoms. The Kier molecular flexibility index (Phi) is 7.98. The van der Waals surface area contributed by atoms with Crippen molar-refractivity contribution < 1.29 is 13.2 Å². The standard InChI is InChI=1S/C21H32N4O3S/c1-15(2)13-20(24-29(27,28)19-9-7-16(3)8-10-19)21(26)22-11-6-12-25-18(5)14-17(4)23-25/h7-10,14-15,20,24H,6,11-13H2,1-5H3,(H,22,26)/t20-/m0/s1. The number of nitrogens with one attached hydrogen (secondary N) is 2. The maximum atomic E-state index is 12.7. The van der Waals surface area contributed by atoms with Crippen molar-refractivity contribution in [1.29, 1.82) is 0 Å². The predicted octanol–water partition coefficient (Wildman–Crippen LogP) is 2.71. The minimum absolute atomic E-state index is 0.161. The summed E-state index contributed by atoms with van der Waals surface area (Å²) in [7, 11) is -3.77. The van der Waals surface area contributed by atoms with Crippen LogP contribution < -0.4 is 10.0 Å². The van der Waals surface area contributed by atoms with Gasteiger partial charge in [-0.3, -0.25) is 9.48 Å². The normalized spacial score (nSPS) is 12.9. The largest absolute Gasteiger partial charge is 0.355 e. The van der Waals surface area contributed by atoms with Gasteiger partial charge in [0.05, 0.1) is 10.6 Å². The van der Waals surface area contributed by atoms with Crippen LogP contribution in [0.2, 0.25) is 0 Å². The number of amides is 1. The van der Waals surface area contributed by atoms with Crippen LogP contribution in [0, 0.1) is 26.7 Å². The fourth-order valence-corrected chi connectivity index (χ4v) is 4.33. The first kappa shape index (κ1) is 23.1. The molecule has 2 rings (SSSR count). The van der Waals surface area contributed by atoms with Gasteiger partial charge in [0, 0.05) is 18.8 Å². The van der Waals surface area contributed by atoms with Crippen LogP contribution >= 0.6 is 0 Å². The van der Waals surface area contributed by atoms with Gasteiger partial charge in [-0.15, -0.1) is 0 Å². The average Bonchev–Trinajstić information content (AvgIpc) is 2.95. The molecule has 7 nitrogen and oxygen atoms in total. The Bertz CT molecular complexity index is 918. The molecule has 2 N–H and O–H groups in total. The van der Waals surface area contributed by atoms with Gasteiger partial charge in [0.1, 0.15) is 6.04 Å². The Morgan fingerprint density at radius 2 is 1.79 bits per heavy atom. The second-order valence-corrected chi connectivity index (χ2v) is 9.63. The summed E-state index contributed by atoms with van der Waals surface area (Å²) in [4.78, 5) is 12.8. The Hall–Kier alpha value is -2.19. The molecule has 0 aliphatic carbocycles. The fraction of sp³-hybridized carbons (Fsp3) is 0.524. The molecule has 160 valence electrons. The molecule has 0 saturated heterocycles. The number of hydrogen-bond donors (Lipinski definition) is 2. The molecule has 1 atom stereocenters. The van der Waals surface area contributed by atoms with Crippen LogP contribution in [0.15, 0.2) is 35.2 Å². The molecule has 0 spiro atoms. The third kappa shape index (κ3) is 6.97. The van der Waals surface area contributed by atoms with Crippen LogP contribution in [0.5, 0.6) is 0 Å². The number of carbonyl (C=O) groups is 1. The highest BCUT2D eigenvalue weighted by Gasteiger charge is 2.26. The lowest BCUT2D eigenvalue weighted by atomic mass is 10.0. The zero-order valence-electron chi connectivity index (χ0n) is 17.9. The molecular weight excluding hydrogens is 388 g/mol. The molecule has 1 aromatic carbocycles. The molecular formula is C21H32N4O3S. The monoisotopic (exact) mass is 420 g/mol. The first-order valence-electron chi connectivity index (χ1n) is 9.96. The lowest BCUT2D eigenvalue weighted by molar-refractivity contribution is -0.123. The van der Waals surface area contributed by atoms with Crippen molar-refractivity contribution in [1.82, 2.24) is 19.8 Å². The third-order valence-electron chi connectivity index (χ3n) is 4.60. The van der Waals surface area contributed by atoms with E-state index in [-0.39, 0.29) is 16.7 Å². The minimum atomic E-state index is -3.77. The number of carbonyl (C=O) groups excluding carboxylic acids is 1. The van der Waals surface area contributed by atoms with E-state index in [1.807, 2.05) is 45.4 Å². The second kappa shape index (κ2) is 10.0. The molecule has 0 aliphatic heterocycles. The fourth-order valence-electron chi connectivity index (χ4n) is 3.12. The number of hydrogen-bond acceptors (Lipinski definition) is 4. The summed E-state index contributed by atoms with van der Waals surface area (Å²) < 4.78 is 29.9. The highest BCUT2D eigenvalue weighted by Crippen LogP contribution is 2.13. The number of aryl methyl sites for hydroxylation is 4. The van der Waals surface area contributed by atoms with Crippen LogP contribution in [-0.4, -0.2) is 36.7 Å². The van der Waals surface area contributed by atoms with E-state index < -0.39 is 16.1 Å². The SMILES string of the molecule is Cc1ccc(S(=O)(=O)N[C@@H](CC(C)C)C(=O)NCCCn2nc(C)cc2C)cc1. The number of rotatable bonds is 10. The highest BCUT2D eigenvalue weighted by atomic mass is 32.2. The van der Waals surface area contributed by atoms with Gasteiger partial charge in [-0.05, 0) is 57.7 Å². The van der Waals surface area contributed by atoms with Crippen molar-refractivity contribution in [3.8, 4) is 0 Å². The van der Waals surface area contributed by atoms with Crippen LogP contribution in [0.1, 0.15) is 43.6 Å². The summed E-state index contributed by atoms with van der Waals surface area (Å²) in [5.41, 5.74) is 3.02. The minimum Gasteiger partial charge on any atom is -0.355 e. The van der Waals surface area contributed by atoms with Gasteiger partial charge in [0.15, 0.2) is 0 Å². The van der Waals surface area contributed by atoms with Crippen molar-refractivity contribution in [3.05, 3.63) is 47.3 Å². The van der Waals surface area contributed by atoms with Gasteiger partial charge in [-0.2, -0.15) is 9.82 Å². The van der Waals surface area contributed by atoms with Gasteiger partial charge >= 0.3 is 0 Å². The zero-order chi connectivity index (χ0) is 21.6. The molecule has 0 unspecified atom stereocenters. The van der Waals surface area contributed by atoms with Gasteiger partial charge in [0.25, 0.3) is 0 Å². The van der Waals surface area contributed by atoms with E-state index in [0.717, 1.165) is 17.0 Å². The van der Waals surface area contributed by atoms with Crippen LogP contribution in [-0.2, 0) is 21.4 Å². The van der Waals surface area contributed by atoms with Crippen LogP contribution in [0.4, 0.5) is 0 Å².